The molecule has 0 amide bonds. The average Bonchev–Trinajstić information content (AvgIpc) is 3.11. The van der Waals surface area contributed by atoms with E-state index in [0.717, 1.165) is 0 Å². The zero-order chi connectivity index (χ0) is 42.7. The average molecular weight is 803 g/mol. The Hall–Kier alpha value is -1.95. The number of hydrogen-bond acceptors (Lipinski definition) is 15. The molecule has 2 heterocycles. The standard InChI is InChI=1S/C41H74N2O13/c1-16-30-41(11,49)34(46)24(5)31(42-51-15)22(3)19-39(9,48)36(56-38-32(45)29(43(12)13)18-23(4)52-38)25(6)33(26(7)37(47)55-30)54-28-17-21(2)35(53-27(8)44)40(10,20-28)50-14/h21-26,28-30,32-36,38,45-46,48-49H,16-20H2,1-15H3/t21-,22-,23-,24+,25+,26-,28-,29+,30-,32-,33+,34-,35+,36-,38+,39?,40-,41-/m1/s1. The maximum Gasteiger partial charge on any atom is 0.311 e. The van der Waals surface area contributed by atoms with Crippen LogP contribution in [0.1, 0.15) is 108 Å². The predicted octanol–water partition coefficient (Wildman–Crippen LogP) is 3.45. The van der Waals surface area contributed by atoms with Gasteiger partial charge in [0.05, 0.1) is 47.8 Å². The smallest absolute Gasteiger partial charge is 0.311 e. The Kier molecular flexibility index (Phi) is 16.8. The molecule has 15 nitrogen and oxygen atoms in total. The van der Waals surface area contributed by atoms with Crippen LogP contribution in [0.5, 0.6) is 0 Å². The van der Waals surface area contributed by atoms with E-state index in [2.05, 4.69) is 5.16 Å². The van der Waals surface area contributed by atoms with E-state index in [1.54, 1.807) is 34.8 Å². The zero-order valence-corrected chi connectivity index (χ0v) is 36.6. The Labute approximate surface area is 334 Å². The first-order chi connectivity index (χ1) is 25.9. The highest BCUT2D eigenvalue weighted by Gasteiger charge is 2.53. The molecule has 0 aromatic carbocycles. The second-order valence-electron chi connectivity index (χ2n) is 17.9. The number of rotatable bonds is 9. The van der Waals surface area contributed by atoms with Crippen LogP contribution in [0, 0.1) is 29.6 Å². The Morgan fingerprint density at radius 2 is 1.57 bits per heavy atom. The second-order valence-corrected chi connectivity index (χ2v) is 17.9. The Morgan fingerprint density at radius 1 is 0.946 bits per heavy atom. The summed E-state index contributed by atoms with van der Waals surface area (Å²) in [6.07, 6.45) is -6.65. The molecule has 0 aromatic heterocycles. The first-order valence-electron chi connectivity index (χ1n) is 20.3. The molecule has 2 saturated heterocycles. The van der Waals surface area contributed by atoms with Crippen LogP contribution < -0.4 is 0 Å². The van der Waals surface area contributed by atoms with Crippen molar-refractivity contribution >= 4 is 17.7 Å². The molecule has 4 N–H and O–H groups in total. The van der Waals surface area contributed by atoms with Crippen molar-refractivity contribution in [2.24, 2.45) is 34.7 Å². The summed E-state index contributed by atoms with van der Waals surface area (Å²) >= 11 is 0. The summed E-state index contributed by atoms with van der Waals surface area (Å²) in [5.41, 5.74) is -4.15. The van der Waals surface area contributed by atoms with Crippen molar-refractivity contribution in [1.82, 2.24) is 4.90 Å². The van der Waals surface area contributed by atoms with Gasteiger partial charge in [-0.1, -0.05) is 39.8 Å². The molecule has 0 radical (unpaired) electrons. The molecule has 1 aliphatic carbocycles. The maximum atomic E-state index is 14.3. The van der Waals surface area contributed by atoms with Gasteiger partial charge < -0.3 is 58.6 Å². The van der Waals surface area contributed by atoms with Crippen LogP contribution in [-0.2, 0) is 42.8 Å². The number of ether oxygens (including phenoxy) is 6. The number of methoxy groups -OCH3 is 1. The molecule has 3 rings (SSSR count). The zero-order valence-electron chi connectivity index (χ0n) is 36.6. The lowest BCUT2D eigenvalue weighted by Crippen LogP contribution is -2.61. The summed E-state index contributed by atoms with van der Waals surface area (Å²) in [5.74, 6) is -4.36. The third-order valence-corrected chi connectivity index (χ3v) is 12.8. The molecule has 2 aliphatic heterocycles. The van der Waals surface area contributed by atoms with Gasteiger partial charge in [-0.15, -0.1) is 0 Å². The number of aliphatic hydroxyl groups is 4. The molecule has 1 unspecified atom stereocenters. The van der Waals surface area contributed by atoms with Gasteiger partial charge >= 0.3 is 11.9 Å². The molecule has 15 heteroatoms. The lowest BCUT2D eigenvalue weighted by molar-refractivity contribution is -0.301. The number of carbonyl (C=O) groups is 2. The van der Waals surface area contributed by atoms with Crippen molar-refractivity contribution in [1.29, 1.82) is 0 Å². The second kappa shape index (κ2) is 19.4. The van der Waals surface area contributed by atoms with Crippen molar-refractivity contribution in [3.8, 4) is 0 Å². The van der Waals surface area contributed by atoms with Crippen LogP contribution >= 0.6 is 0 Å². The SMILES string of the molecule is CC[C@H]1OC(=O)[C@H](C)[C@@H](O[C@@H]2C[C@@H](C)[C@H](OC(C)=O)[C@](C)(OC)C2)[C@H](C)[C@@H](O[C@@H]2O[C@H](C)C[C@H](N(C)C)[C@H]2O)C(C)(O)C[C@@H](C)C(=NOC)[C@H](C)[C@@H](O)[C@]1(C)O. The number of nitrogens with zero attached hydrogens (tertiary/aromatic N) is 2. The fraction of sp³-hybridized carbons (Fsp3) is 0.927. The van der Waals surface area contributed by atoms with Crippen molar-refractivity contribution in [3.05, 3.63) is 0 Å². The van der Waals surface area contributed by atoms with E-state index < -0.39 is 101 Å². The molecular formula is C41H74N2O13. The number of hydrogen-bond donors (Lipinski definition) is 4. The molecule has 326 valence electrons. The fourth-order valence-electron chi connectivity index (χ4n) is 9.67. The molecule has 0 aromatic rings. The van der Waals surface area contributed by atoms with Gasteiger partial charge in [-0.05, 0) is 80.3 Å². The highest BCUT2D eigenvalue weighted by Crippen LogP contribution is 2.43. The number of likely N-dealkylation sites (N-methyl/N-ethyl adjacent to an activating group) is 1. The quantitative estimate of drug-likeness (QED) is 0.196. The van der Waals surface area contributed by atoms with Crippen LogP contribution in [0.25, 0.3) is 0 Å². The highest BCUT2D eigenvalue weighted by molar-refractivity contribution is 5.88. The number of oxime groups is 1. The fourth-order valence-corrected chi connectivity index (χ4v) is 9.67. The first kappa shape index (κ1) is 48.4. The minimum atomic E-state index is -1.91. The van der Waals surface area contributed by atoms with E-state index in [4.69, 9.17) is 33.3 Å². The number of aliphatic hydroxyl groups excluding tert-OH is 2. The van der Waals surface area contributed by atoms with Crippen molar-refractivity contribution < 1.29 is 63.3 Å². The lowest BCUT2D eigenvalue weighted by atomic mass is 9.73. The van der Waals surface area contributed by atoms with Gasteiger partial charge in [0, 0.05) is 44.2 Å². The van der Waals surface area contributed by atoms with Crippen LogP contribution in [0.4, 0.5) is 0 Å². The molecule has 18 atom stereocenters. The lowest BCUT2D eigenvalue weighted by Gasteiger charge is -2.49. The molecular weight excluding hydrogens is 728 g/mol. The van der Waals surface area contributed by atoms with E-state index in [1.807, 2.05) is 53.6 Å². The van der Waals surface area contributed by atoms with E-state index in [-0.39, 0.29) is 30.9 Å². The molecule has 3 aliphatic rings. The van der Waals surface area contributed by atoms with Crippen LogP contribution in [0.3, 0.4) is 0 Å². The van der Waals surface area contributed by atoms with Gasteiger partial charge in [0.2, 0.25) is 0 Å². The van der Waals surface area contributed by atoms with Gasteiger partial charge in [0.1, 0.15) is 36.6 Å². The molecule has 0 spiro atoms. The van der Waals surface area contributed by atoms with E-state index in [1.165, 1.54) is 21.0 Å². The Morgan fingerprint density at radius 3 is 2.11 bits per heavy atom. The van der Waals surface area contributed by atoms with Crippen LogP contribution in [0.2, 0.25) is 0 Å². The van der Waals surface area contributed by atoms with Crippen molar-refractivity contribution in [3.63, 3.8) is 0 Å². The van der Waals surface area contributed by atoms with Crippen molar-refractivity contribution in [2.45, 2.75) is 186 Å². The highest BCUT2D eigenvalue weighted by atomic mass is 16.7. The van der Waals surface area contributed by atoms with Gasteiger partial charge in [-0.3, -0.25) is 9.59 Å². The normalized spacial score (nSPS) is 46.9. The summed E-state index contributed by atoms with van der Waals surface area (Å²) in [7, 11) is 6.69. The number of esters is 2. The summed E-state index contributed by atoms with van der Waals surface area (Å²) < 4.78 is 37.8. The Bertz CT molecular complexity index is 1330. The van der Waals surface area contributed by atoms with Gasteiger partial charge in [-0.25, -0.2) is 0 Å². The monoisotopic (exact) mass is 803 g/mol. The van der Waals surface area contributed by atoms with Crippen LogP contribution in [-0.4, -0.2) is 149 Å². The largest absolute Gasteiger partial charge is 0.459 e. The minimum absolute atomic E-state index is 0.0356. The number of cyclic esters (lactones) is 1. The Balaban J connectivity index is 2.23. The third kappa shape index (κ3) is 10.8. The maximum absolute atomic E-state index is 14.3. The van der Waals surface area contributed by atoms with E-state index in [0.29, 0.717) is 25.0 Å². The van der Waals surface area contributed by atoms with Gasteiger partial charge in [0.25, 0.3) is 0 Å². The molecule has 0 bridgehead atoms. The minimum Gasteiger partial charge on any atom is -0.459 e. The molecule has 1 saturated carbocycles. The summed E-state index contributed by atoms with van der Waals surface area (Å²) in [5, 5.41) is 52.2. The molecule has 56 heavy (non-hydrogen) atoms. The molecule has 3 fully saturated rings. The first-order valence-corrected chi connectivity index (χ1v) is 20.3. The summed E-state index contributed by atoms with van der Waals surface area (Å²) in [4.78, 5) is 33.6. The third-order valence-electron chi connectivity index (χ3n) is 12.8. The van der Waals surface area contributed by atoms with E-state index >= 15 is 0 Å². The number of carbonyl (C=O) groups excluding carboxylic acids is 2. The van der Waals surface area contributed by atoms with Gasteiger partial charge in [0.15, 0.2) is 6.29 Å². The topological polar surface area (TPSA) is 195 Å². The van der Waals surface area contributed by atoms with Crippen LogP contribution in [0.15, 0.2) is 5.16 Å². The summed E-state index contributed by atoms with van der Waals surface area (Å²) in [6.45, 7) is 19.0. The summed E-state index contributed by atoms with van der Waals surface area (Å²) in [6, 6.07) is -0.301. The van der Waals surface area contributed by atoms with E-state index in [9.17, 15) is 30.0 Å². The predicted molar refractivity (Wildman–Crippen MR) is 208 cm³/mol. The van der Waals surface area contributed by atoms with Gasteiger partial charge in [-0.2, -0.15) is 0 Å². The van der Waals surface area contributed by atoms with Crippen molar-refractivity contribution in [2.75, 3.05) is 28.3 Å².